The first-order valence-corrected chi connectivity index (χ1v) is 15.3. The lowest BCUT2D eigenvalue weighted by molar-refractivity contribution is -0.129. The number of aliphatic hydroxyl groups is 1. The minimum Gasteiger partial charge on any atom is -0.486 e. The molecule has 2 amide bonds. The van der Waals surface area contributed by atoms with Crippen molar-refractivity contribution in [2.45, 2.75) is 64.3 Å². The van der Waals surface area contributed by atoms with E-state index in [1.165, 1.54) is 12.8 Å². The van der Waals surface area contributed by atoms with Gasteiger partial charge in [0.1, 0.15) is 24.0 Å². The molecular formula is C32H39N7O5. The molecule has 3 aliphatic rings. The molecule has 2 aromatic heterocycles. The number of aliphatic imine (C=N–C) groups is 1. The Labute approximate surface area is 256 Å². The number of aromatic nitrogens is 2. The summed E-state index contributed by atoms with van der Waals surface area (Å²) >= 11 is 0. The second-order valence-electron chi connectivity index (χ2n) is 11.7. The lowest BCUT2D eigenvalue weighted by atomic mass is 9.93. The Kier molecular flexibility index (Phi) is 8.78. The van der Waals surface area contributed by atoms with E-state index >= 15 is 0 Å². The van der Waals surface area contributed by atoms with Gasteiger partial charge in [-0.3, -0.25) is 14.6 Å². The maximum Gasteiger partial charge on any atom is 0.251 e. The number of amides is 2. The molecule has 1 saturated heterocycles. The van der Waals surface area contributed by atoms with Gasteiger partial charge in [0.05, 0.1) is 17.8 Å². The summed E-state index contributed by atoms with van der Waals surface area (Å²) in [5, 5.41) is 17.3. The van der Waals surface area contributed by atoms with Gasteiger partial charge in [0.25, 0.3) is 5.91 Å². The second kappa shape index (κ2) is 13.0. The van der Waals surface area contributed by atoms with Gasteiger partial charge in [-0.1, -0.05) is 6.07 Å². The van der Waals surface area contributed by atoms with E-state index in [1.54, 1.807) is 25.3 Å². The number of aryl methyl sites for hydroxylation is 1. The minimum absolute atomic E-state index is 0.0637. The number of piperazine rings is 1. The molecule has 232 valence electrons. The lowest BCUT2D eigenvalue weighted by Gasteiger charge is -2.35. The number of carbonyl (C=O) groups excluding carboxylic acids is 2. The van der Waals surface area contributed by atoms with Crippen LogP contribution in [0.2, 0.25) is 0 Å². The number of ether oxygens (including phenoxy) is 1. The number of nitrogens with one attached hydrogen (secondary N) is 2. The molecule has 1 aromatic carbocycles. The van der Waals surface area contributed by atoms with Gasteiger partial charge in [-0.2, -0.15) is 0 Å². The van der Waals surface area contributed by atoms with Crippen molar-refractivity contribution in [1.29, 1.82) is 0 Å². The molecule has 0 radical (unpaired) electrons. The van der Waals surface area contributed by atoms with Crippen LogP contribution in [0.25, 0.3) is 0 Å². The van der Waals surface area contributed by atoms with Crippen LogP contribution in [0.5, 0.6) is 5.75 Å². The fraction of sp³-hybridized carbons (Fsp3) is 0.469. The first-order chi connectivity index (χ1) is 21.3. The molecule has 12 heteroatoms. The normalized spacial score (nSPS) is 18.8. The molecule has 1 saturated carbocycles. The van der Waals surface area contributed by atoms with Crippen molar-refractivity contribution in [3.8, 4) is 5.75 Å². The molecule has 2 aliphatic heterocycles. The fourth-order valence-corrected chi connectivity index (χ4v) is 5.60. The molecule has 3 aromatic rings. The Morgan fingerprint density at radius 2 is 1.98 bits per heavy atom. The van der Waals surface area contributed by atoms with Crippen LogP contribution >= 0.6 is 0 Å². The first kappa shape index (κ1) is 29.6. The first-order valence-electron chi connectivity index (χ1n) is 15.3. The average molecular weight is 602 g/mol. The smallest absolute Gasteiger partial charge is 0.251 e. The van der Waals surface area contributed by atoms with Crippen molar-refractivity contribution in [1.82, 2.24) is 20.2 Å². The van der Waals surface area contributed by atoms with Gasteiger partial charge < -0.3 is 34.7 Å². The number of aliphatic hydroxyl groups excluding tert-OH is 1. The van der Waals surface area contributed by atoms with E-state index in [2.05, 4.69) is 25.5 Å². The van der Waals surface area contributed by atoms with Crippen LogP contribution in [0.1, 0.15) is 59.1 Å². The number of fused-ring (bicyclic) bond motifs is 1. The topological polar surface area (TPSA) is 145 Å². The summed E-state index contributed by atoms with van der Waals surface area (Å²) in [4.78, 5) is 42.5. The predicted molar refractivity (Wildman–Crippen MR) is 165 cm³/mol. The maximum atomic E-state index is 13.3. The van der Waals surface area contributed by atoms with Crippen molar-refractivity contribution >= 4 is 29.7 Å². The van der Waals surface area contributed by atoms with E-state index in [4.69, 9.17) is 14.1 Å². The van der Waals surface area contributed by atoms with E-state index in [-0.39, 0.29) is 31.0 Å². The zero-order valence-electron chi connectivity index (χ0n) is 25.2. The number of nitrogens with zero attached hydrogens (tertiary/aromatic N) is 5. The highest BCUT2D eigenvalue weighted by atomic mass is 16.5. The number of carbonyl (C=O) groups is 2. The number of hydrogen-bond acceptors (Lipinski definition) is 10. The third-order valence-electron chi connectivity index (χ3n) is 8.66. The zero-order valence-corrected chi connectivity index (χ0v) is 25.2. The average Bonchev–Trinajstić information content (AvgIpc) is 3.44. The van der Waals surface area contributed by atoms with Crippen molar-refractivity contribution in [2.24, 2.45) is 4.99 Å². The Balaban J connectivity index is 1.06. The molecule has 3 N–H and O–H groups in total. The zero-order chi connectivity index (χ0) is 30.6. The summed E-state index contributed by atoms with van der Waals surface area (Å²) in [7, 11) is 0. The molecule has 4 heterocycles. The third kappa shape index (κ3) is 6.85. The molecule has 1 aliphatic carbocycles. The quantitative estimate of drug-likeness (QED) is 0.319. The van der Waals surface area contributed by atoms with Crippen molar-refractivity contribution in [2.75, 3.05) is 42.9 Å². The summed E-state index contributed by atoms with van der Waals surface area (Å²) in [6.07, 6.45) is 6.19. The van der Waals surface area contributed by atoms with Gasteiger partial charge in [-0.25, -0.2) is 9.97 Å². The SMILES string of the molecule is CC(=O)N1CCN(c2cc(C(=O)NC[C@@H](O)C3Cc4ccc(OCc5ocnc5C)cc4C=N3)cc(NC3CCC3)n2)CC1. The molecule has 6 rings (SSSR count). The minimum atomic E-state index is -0.859. The van der Waals surface area contributed by atoms with E-state index in [0.717, 1.165) is 29.7 Å². The molecule has 1 unspecified atom stereocenters. The molecule has 2 fully saturated rings. The monoisotopic (exact) mass is 601 g/mol. The summed E-state index contributed by atoms with van der Waals surface area (Å²) in [5.41, 5.74) is 3.26. The van der Waals surface area contributed by atoms with Gasteiger partial charge in [-0.15, -0.1) is 0 Å². The van der Waals surface area contributed by atoms with Crippen LogP contribution in [0, 0.1) is 6.92 Å². The van der Waals surface area contributed by atoms with Crippen LogP contribution in [0.3, 0.4) is 0 Å². The number of benzene rings is 1. The largest absolute Gasteiger partial charge is 0.486 e. The number of hydrogen-bond donors (Lipinski definition) is 3. The van der Waals surface area contributed by atoms with E-state index in [9.17, 15) is 14.7 Å². The molecular weight excluding hydrogens is 562 g/mol. The highest BCUT2D eigenvalue weighted by molar-refractivity contribution is 5.95. The van der Waals surface area contributed by atoms with E-state index in [1.807, 2.05) is 30.0 Å². The van der Waals surface area contributed by atoms with E-state index in [0.29, 0.717) is 67.4 Å². The van der Waals surface area contributed by atoms with Gasteiger partial charge in [0, 0.05) is 57.5 Å². The molecule has 0 bridgehead atoms. The number of anilines is 2. The maximum absolute atomic E-state index is 13.3. The highest BCUT2D eigenvalue weighted by Gasteiger charge is 2.26. The number of oxazole rings is 1. The molecule has 0 spiro atoms. The Bertz CT molecular complexity index is 1530. The van der Waals surface area contributed by atoms with Crippen LogP contribution in [-0.2, 0) is 17.8 Å². The highest BCUT2D eigenvalue weighted by Crippen LogP contribution is 2.27. The van der Waals surface area contributed by atoms with Crippen molar-refractivity contribution in [3.05, 3.63) is 64.9 Å². The second-order valence-corrected chi connectivity index (χ2v) is 11.7. The Hall–Kier alpha value is -4.45. The van der Waals surface area contributed by atoms with Gasteiger partial charge in [0.15, 0.2) is 12.2 Å². The third-order valence-corrected chi connectivity index (χ3v) is 8.66. The summed E-state index contributed by atoms with van der Waals surface area (Å²) in [6, 6.07) is 9.33. The number of pyridine rings is 1. The van der Waals surface area contributed by atoms with Gasteiger partial charge >= 0.3 is 0 Å². The van der Waals surface area contributed by atoms with Crippen LogP contribution in [0.4, 0.5) is 11.6 Å². The van der Waals surface area contributed by atoms with Gasteiger partial charge in [0.2, 0.25) is 5.91 Å². The molecule has 44 heavy (non-hydrogen) atoms. The number of rotatable bonds is 10. The van der Waals surface area contributed by atoms with Crippen molar-refractivity contribution < 1.29 is 23.8 Å². The van der Waals surface area contributed by atoms with Gasteiger partial charge in [-0.05, 0) is 68.0 Å². The molecule has 2 atom stereocenters. The van der Waals surface area contributed by atoms with E-state index < -0.39 is 6.10 Å². The van der Waals surface area contributed by atoms with Crippen LogP contribution in [-0.4, -0.2) is 88.9 Å². The summed E-state index contributed by atoms with van der Waals surface area (Å²) < 4.78 is 11.2. The molecule has 12 nitrogen and oxygen atoms in total. The van der Waals surface area contributed by atoms with Crippen molar-refractivity contribution in [3.63, 3.8) is 0 Å². The van der Waals surface area contributed by atoms with Crippen LogP contribution in [0.15, 0.2) is 46.1 Å². The predicted octanol–water partition coefficient (Wildman–Crippen LogP) is 2.72. The van der Waals surface area contributed by atoms with Crippen LogP contribution < -0.4 is 20.3 Å². The summed E-state index contributed by atoms with van der Waals surface area (Å²) in [5.74, 6) is 2.53. The fourth-order valence-electron chi connectivity index (χ4n) is 5.60. The summed E-state index contributed by atoms with van der Waals surface area (Å²) in [6.45, 7) is 6.34. The Morgan fingerprint density at radius 1 is 1.16 bits per heavy atom. The Morgan fingerprint density at radius 3 is 2.68 bits per heavy atom. The lowest BCUT2D eigenvalue weighted by Crippen LogP contribution is -2.48. The standard InChI is InChI=1S/C32H39N7O5/c1-20-29(44-19-35-20)18-43-26-7-6-22-13-27(33-16-24(22)12-26)28(41)17-34-32(42)23-14-30(36-25-4-3-5-25)37-31(15-23)39-10-8-38(9-11-39)21(2)40/h6-7,12,14-16,19,25,27-28,41H,3-5,8-11,13,17-18H2,1-2H3,(H,34,42)(H,36,37)/t27?,28-/m1/s1.